The molecule has 0 aliphatic carbocycles. The molecule has 4 nitrogen and oxygen atoms in total. The van der Waals surface area contributed by atoms with Gasteiger partial charge in [0.1, 0.15) is 0 Å². The predicted molar refractivity (Wildman–Crippen MR) is 156 cm³/mol. The highest BCUT2D eigenvalue weighted by molar-refractivity contribution is 6.01. The van der Waals surface area contributed by atoms with E-state index in [1.54, 1.807) is 0 Å². The van der Waals surface area contributed by atoms with Gasteiger partial charge in [0, 0.05) is 63.0 Å². The number of carbonyl (C=O) groups is 1. The second-order valence-electron chi connectivity index (χ2n) is 10.4. The molecule has 0 amide bonds. The van der Waals surface area contributed by atoms with Crippen LogP contribution in [0.5, 0.6) is 0 Å². The van der Waals surface area contributed by atoms with Gasteiger partial charge in [-0.15, -0.1) is 0 Å². The quantitative estimate of drug-likeness (QED) is 0.222. The number of cyclic esters (lactones) is 1. The lowest BCUT2D eigenvalue weighted by Gasteiger charge is -2.31. The number of aryl methyl sites for hydroxylation is 1. The summed E-state index contributed by atoms with van der Waals surface area (Å²) in [5.74, 6) is -0.280. The van der Waals surface area contributed by atoms with Crippen LogP contribution in [0.25, 0.3) is 21.8 Å². The van der Waals surface area contributed by atoms with E-state index in [0.717, 1.165) is 63.0 Å². The Morgan fingerprint density at radius 1 is 0.667 bits per heavy atom. The number of aromatic nitrogens is 2. The van der Waals surface area contributed by atoms with Gasteiger partial charge in [-0.05, 0) is 44.5 Å². The second kappa shape index (κ2) is 8.74. The average Bonchev–Trinajstić information content (AvgIpc) is 3.54. The molecule has 1 atom stereocenters. The molecule has 0 spiro atoms. The average molecular weight is 511 g/mol. The molecule has 0 fully saturated rings. The van der Waals surface area contributed by atoms with E-state index in [2.05, 4.69) is 109 Å². The van der Waals surface area contributed by atoms with Crippen LogP contribution in [0.1, 0.15) is 50.9 Å². The van der Waals surface area contributed by atoms with Gasteiger partial charge in [0.2, 0.25) is 0 Å². The summed E-state index contributed by atoms with van der Waals surface area (Å²) in [6, 6.07) is 35.4. The first-order chi connectivity index (χ1) is 19.1. The van der Waals surface area contributed by atoms with Crippen LogP contribution in [0, 0.1) is 13.8 Å². The Labute approximate surface area is 228 Å². The molecule has 2 aromatic heterocycles. The lowest BCUT2D eigenvalue weighted by molar-refractivity contribution is 0.0255. The number of carbonyl (C=O) groups excluding carboxylic acids is 1. The zero-order valence-electron chi connectivity index (χ0n) is 22.4. The van der Waals surface area contributed by atoms with Crippen molar-refractivity contribution in [2.24, 2.45) is 0 Å². The van der Waals surface area contributed by atoms with Crippen molar-refractivity contribution in [3.8, 4) is 0 Å². The molecule has 7 rings (SSSR count). The third-order valence-electron chi connectivity index (χ3n) is 8.44. The van der Waals surface area contributed by atoms with Gasteiger partial charge in [-0.3, -0.25) is 0 Å². The van der Waals surface area contributed by atoms with Crippen molar-refractivity contribution in [1.82, 2.24) is 9.13 Å². The summed E-state index contributed by atoms with van der Waals surface area (Å²) in [6.45, 7) is 8.06. The van der Waals surface area contributed by atoms with Crippen LogP contribution >= 0.6 is 0 Å². The van der Waals surface area contributed by atoms with Crippen LogP contribution in [-0.4, -0.2) is 15.1 Å². The van der Waals surface area contributed by atoms with E-state index in [1.165, 1.54) is 5.56 Å². The fraction of sp³-hybridized carbons (Fsp3) is 0.171. The molecule has 0 bridgehead atoms. The second-order valence-corrected chi connectivity index (χ2v) is 10.4. The summed E-state index contributed by atoms with van der Waals surface area (Å²) in [6.07, 6.45) is 0. The van der Waals surface area contributed by atoms with E-state index in [1.807, 2.05) is 24.3 Å². The summed E-state index contributed by atoms with van der Waals surface area (Å²) in [4.78, 5) is 13.7. The molecule has 1 unspecified atom stereocenters. The van der Waals surface area contributed by atoms with E-state index in [4.69, 9.17) is 4.74 Å². The van der Waals surface area contributed by atoms with Gasteiger partial charge in [-0.25, -0.2) is 4.79 Å². The summed E-state index contributed by atoms with van der Waals surface area (Å²) in [5, 5.41) is 2.21. The molecule has 3 heterocycles. The molecule has 0 saturated heterocycles. The first-order valence-corrected chi connectivity index (χ1v) is 13.6. The Hall–Kier alpha value is -4.57. The van der Waals surface area contributed by atoms with Gasteiger partial charge < -0.3 is 13.9 Å². The molecule has 1 aliphatic heterocycles. The highest BCUT2D eigenvalue weighted by Gasteiger charge is 2.53. The number of hydrogen-bond acceptors (Lipinski definition) is 2. The van der Waals surface area contributed by atoms with Crippen LogP contribution in [-0.2, 0) is 23.4 Å². The minimum atomic E-state index is -1.08. The minimum absolute atomic E-state index is 0.280. The minimum Gasteiger partial charge on any atom is -0.440 e. The summed E-state index contributed by atoms with van der Waals surface area (Å²) >= 11 is 0. The van der Waals surface area contributed by atoms with Gasteiger partial charge in [0.05, 0.1) is 5.56 Å². The van der Waals surface area contributed by atoms with Crippen molar-refractivity contribution in [2.75, 3.05) is 0 Å². The Kier molecular flexibility index (Phi) is 5.27. The molecule has 0 radical (unpaired) electrons. The molecule has 192 valence electrons. The summed E-state index contributed by atoms with van der Waals surface area (Å²) in [5.41, 5.74) is 8.25. The Morgan fingerprint density at radius 3 is 1.87 bits per heavy atom. The molecule has 6 aromatic rings. The third-order valence-corrected chi connectivity index (χ3v) is 8.44. The maximum atomic E-state index is 13.7. The highest BCUT2D eigenvalue weighted by Crippen LogP contribution is 2.53. The van der Waals surface area contributed by atoms with Gasteiger partial charge in [0.25, 0.3) is 0 Å². The number of benzene rings is 4. The standard InChI is InChI=1S/C35H30N2O2/c1-4-36-23(2)32(27-17-9-12-20-30(27)36)35(29-19-11-8-16-26(29)34(38)39-35)33-24(3)37(22-25-14-6-5-7-15-25)31-21-13-10-18-28(31)33/h5-21H,4,22H2,1-3H3. The van der Waals surface area contributed by atoms with Crippen molar-refractivity contribution in [2.45, 2.75) is 39.5 Å². The Bertz CT molecular complexity index is 1890. The zero-order chi connectivity index (χ0) is 26.7. The number of fused-ring (bicyclic) bond motifs is 3. The summed E-state index contributed by atoms with van der Waals surface area (Å²) < 4.78 is 11.4. The number of esters is 1. The van der Waals surface area contributed by atoms with Crippen LogP contribution in [0.3, 0.4) is 0 Å². The monoisotopic (exact) mass is 510 g/mol. The molecule has 4 heteroatoms. The molecular weight excluding hydrogens is 480 g/mol. The van der Waals surface area contributed by atoms with Crippen molar-refractivity contribution in [3.63, 3.8) is 0 Å². The molecule has 39 heavy (non-hydrogen) atoms. The van der Waals surface area contributed by atoms with Crippen molar-refractivity contribution in [1.29, 1.82) is 0 Å². The zero-order valence-corrected chi connectivity index (χ0v) is 22.4. The number of nitrogens with zero attached hydrogens (tertiary/aromatic N) is 2. The van der Waals surface area contributed by atoms with Crippen molar-refractivity contribution < 1.29 is 9.53 Å². The third kappa shape index (κ3) is 3.21. The van der Waals surface area contributed by atoms with E-state index >= 15 is 0 Å². The molecule has 0 N–H and O–H groups in total. The maximum Gasteiger partial charge on any atom is 0.340 e. The molecule has 1 aliphatic rings. The number of para-hydroxylation sites is 2. The van der Waals surface area contributed by atoms with Crippen LogP contribution < -0.4 is 0 Å². The van der Waals surface area contributed by atoms with Crippen molar-refractivity contribution in [3.05, 3.63) is 142 Å². The van der Waals surface area contributed by atoms with Crippen molar-refractivity contribution >= 4 is 27.8 Å². The molecule has 4 aromatic carbocycles. The fourth-order valence-electron chi connectivity index (χ4n) is 6.84. The number of ether oxygens (including phenoxy) is 1. The van der Waals surface area contributed by atoms with Crippen LogP contribution in [0.15, 0.2) is 103 Å². The Balaban J connectivity index is 1.64. The highest BCUT2D eigenvalue weighted by atomic mass is 16.6. The SMILES string of the molecule is CCn1c(C)c(C2(c3c(C)n(Cc4ccccc4)c4ccccc34)OC(=O)c3ccccc32)c2ccccc21. The van der Waals surface area contributed by atoms with Gasteiger partial charge in [0.15, 0.2) is 5.60 Å². The largest absolute Gasteiger partial charge is 0.440 e. The topological polar surface area (TPSA) is 36.2 Å². The van der Waals surface area contributed by atoms with E-state index < -0.39 is 5.60 Å². The predicted octanol–water partition coefficient (Wildman–Crippen LogP) is 7.74. The van der Waals surface area contributed by atoms with E-state index in [0.29, 0.717) is 5.56 Å². The maximum absolute atomic E-state index is 13.7. The van der Waals surface area contributed by atoms with E-state index in [-0.39, 0.29) is 5.97 Å². The van der Waals surface area contributed by atoms with Gasteiger partial charge >= 0.3 is 5.97 Å². The van der Waals surface area contributed by atoms with Gasteiger partial charge in [-0.1, -0.05) is 84.9 Å². The summed E-state index contributed by atoms with van der Waals surface area (Å²) in [7, 11) is 0. The lowest BCUT2D eigenvalue weighted by Crippen LogP contribution is -2.31. The molecule has 0 saturated carbocycles. The molecular formula is C35H30N2O2. The number of hydrogen-bond donors (Lipinski definition) is 0. The fourth-order valence-corrected chi connectivity index (χ4v) is 6.84. The first kappa shape index (κ1) is 23.5. The number of rotatable bonds is 5. The first-order valence-electron chi connectivity index (χ1n) is 13.6. The van der Waals surface area contributed by atoms with E-state index in [9.17, 15) is 4.79 Å². The Morgan fingerprint density at radius 2 is 1.21 bits per heavy atom. The smallest absolute Gasteiger partial charge is 0.340 e. The normalized spacial score (nSPS) is 16.6. The van der Waals surface area contributed by atoms with Gasteiger partial charge in [-0.2, -0.15) is 0 Å². The van der Waals surface area contributed by atoms with Crippen LogP contribution in [0.2, 0.25) is 0 Å². The van der Waals surface area contributed by atoms with Crippen LogP contribution in [0.4, 0.5) is 0 Å². The lowest BCUT2D eigenvalue weighted by atomic mass is 9.77.